The van der Waals surface area contributed by atoms with Crippen LogP contribution in [-0.2, 0) is 14.3 Å². The molecule has 17 heavy (non-hydrogen) atoms. The average molecular weight is 298 g/mol. The molecule has 0 spiro atoms. The van der Waals surface area contributed by atoms with Crippen LogP contribution in [0.15, 0.2) is 34.8 Å². The SMILES string of the molecule is CNC(=O)COC(=O)C=Cc1ccccc1Br. The standard InChI is InChI=1S/C12H12BrNO3/c1-14-11(15)8-17-12(16)7-6-9-4-2-3-5-10(9)13/h2-7H,8H2,1H3,(H,14,15). The number of rotatable bonds is 4. The second-order valence-corrected chi connectivity index (χ2v) is 3.99. The molecule has 0 radical (unpaired) electrons. The van der Waals surface area contributed by atoms with Gasteiger partial charge in [0.05, 0.1) is 0 Å². The molecular formula is C12H12BrNO3. The molecule has 0 heterocycles. The lowest BCUT2D eigenvalue weighted by Gasteiger charge is -2.00. The van der Waals surface area contributed by atoms with Crippen molar-refractivity contribution in [2.45, 2.75) is 0 Å². The minimum atomic E-state index is -0.552. The van der Waals surface area contributed by atoms with Crippen molar-refractivity contribution in [3.05, 3.63) is 40.4 Å². The van der Waals surface area contributed by atoms with Crippen LogP contribution in [0.1, 0.15) is 5.56 Å². The van der Waals surface area contributed by atoms with Gasteiger partial charge in [0, 0.05) is 17.6 Å². The fourth-order valence-electron chi connectivity index (χ4n) is 1.03. The number of hydrogen-bond acceptors (Lipinski definition) is 3. The maximum Gasteiger partial charge on any atom is 0.331 e. The Labute approximate surface area is 108 Å². The van der Waals surface area contributed by atoms with Crippen LogP contribution < -0.4 is 5.32 Å². The molecule has 1 aromatic rings. The van der Waals surface area contributed by atoms with E-state index in [1.54, 1.807) is 6.08 Å². The molecule has 0 aliphatic carbocycles. The fraction of sp³-hybridized carbons (Fsp3) is 0.167. The van der Waals surface area contributed by atoms with Crippen molar-refractivity contribution in [1.29, 1.82) is 0 Å². The summed E-state index contributed by atoms with van der Waals surface area (Å²) in [6.45, 7) is -0.268. The van der Waals surface area contributed by atoms with Crippen molar-refractivity contribution in [2.24, 2.45) is 0 Å². The Kier molecular flexibility index (Phi) is 5.42. The summed E-state index contributed by atoms with van der Waals surface area (Å²) >= 11 is 3.35. The molecule has 1 N–H and O–H groups in total. The molecule has 0 unspecified atom stereocenters. The number of esters is 1. The van der Waals surface area contributed by atoms with E-state index in [1.807, 2.05) is 24.3 Å². The van der Waals surface area contributed by atoms with E-state index in [-0.39, 0.29) is 12.5 Å². The van der Waals surface area contributed by atoms with E-state index >= 15 is 0 Å². The van der Waals surface area contributed by atoms with Crippen molar-refractivity contribution < 1.29 is 14.3 Å². The van der Waals surface area contributed by atoms with E-state index in [9.17, 15) is 9.59 Å². The summed E-state index contributed by atoms with van der Waals surface area (Å²) in [7, 11) is 1.48. The Balaban J connectivity index is 2.51. The third-order valence-corrected chi connectivity index (χ3v) is 2.65. The number of nitrogens with one attached hydrogen (secondary N) is 1. The maximum absolute atomic E-state index is 11.2. The predicted octanol–water partition coefficient (Wildman–Crippen LogP) is 1.75. The molecule has 0 aliphatic heterocycles. The molecule has 1 rings (SSSR count). The van der Waals surface area contributed by atoms with Gasteiger partial charge in [-0.1, -0.05) is 34.1 Å². The van der Waals surface area contributed by atoms with Gasteiger partial charge in [-0.25, -0.2) is 4.79 Å². The third-order valence-electron chi connectivity index (χ3n) is 1.93. The van der Waals surface area contributed by atoms with Gasteiger partial charge < -0.3 is 10.1 Å². The molecule has 5 heteroatoms. The number of likely N-dealkylation sites (N-methyl/N-ethyl adjacent to an activating group) is 1. The first-order chi connectivity index (χ1) is 8.13. The quantitative estimate of drug-likeness (QED) is 0.680. The largest absolute Gasteiger partial charge is 0.452 e. The number of carbonyl (C=O) groups excluding carboxylic acids is 2. The first kappa shape index (κ1) is 13.4. The minimum absolute atomic E-state index is 0.268. The Morgan fingerprint density at radius 3 is 2.76 bits per heavy atom. The lowest BCUT2D eigenvalue weighted by molar-refractivity contribution is -0.143. The summed E-state index contributed by atoms with van der Waals surface area (Å²) in [5.41, 5.74) is 0.865. The summed E-state index contributed by atoms with van der Waals surface area (Å²) in [4.78, 5) is 22.1. The second kappa shape index (κ2) is 6.85. The van der Waals surface area contributed by atoms with Crippen molar-refractivity contribution in [2.75, 3.05) is 13.7 Å². The van der Waals surface area contributed by atoms with Gasteiger partial charge in [0.25, 0.3) is 5.91 Å². The first-order valence-corrected chi connectivity index (χ1v) is 5.72. The van der Waals surface area contributed by atoms with Gasteiger partial charge in [-0.2, -0.15) is 0 Å². The fourth-order valence-corrected chi connectivity index (χ4v) is 1.44. The predicted molar refractivity (Wildman–Crippen MR) is 68.2 cm³/mol. The Morgan fingerprint density at radius 2 is 2.12 bits per heavy atom. The van der Waals surface area contributed by atoms with Crippen molar-refractivity contribution >= 4 is 33.9 Å². The lowest BCUT2D eigenvalue weighted by Crippen LogP contribution is -2.24. The summed E-state index contributed by atoms with van der Waals surface area (Å²) in [6.07, 6.45) is 2.90. The third kappa shape index (κ3) is 4.82. The molecule has 4 nitrogen and oxygen atoms in total. The van der Waals surface area contributed by atoms with Gasteiger partial charge in [-0.05, 0) is 17.7 Å². The van der Waals surface area contributed by atoms with Gasteiger partial charge in [0.1, 0.15) is 0 Å². The molecule has 1 amide bonds. The summed E-state index contributed by atoms with van der Waals surface area (Å²) in [5.74, 6) is -0.892. The van der Waals surface area contributed by atoms with Crippen LogP contribution in [0, 0.1) is 0 Å². The highest BCUT2D eigenvalue weighted by atomic mass is 79.9. The first-order valence-electron chi connectivity index (χ1n) is 4.93. The number of halogens is 1. The van der Waals surface area contributed by atoms with Crippen LogP contribution in [0.25, 0.3) is 6.08 Å². The zero-order valence-electron chi connectivity index (χ0n) is 9.27. The van der Waals surface area contributed by atoms with Gasteiger partial charge >= 0.3 is 5.97 Å². The average Bonchev–Trinajstić information content (AvgIpc) is 2.35. The number of carbonyl (C=O) groups is 2. The number of hydrogen-bond donors (Lipinski definition) is 1. The van der Waals surface area contributed by atoms with Crippen LogP contribution in [0.2, 0.25) is 0 Å². The topological polar surface area (TPSA) is 55.4 Å². The van der Waals surface area contributed by atoms with E-state index in [1.165, 1.54) is 13.1 Å². The zero-order chi connectivity index (χ0) is 12.7. The molecule has 0 fully saturated rings. The smallest absolute Gasteiger partial charge is 0.331 e. The summed E-state index contributed by atoms with van der Waals surface area (Å²) < 4.78 is 5.59. The van der Waals surface area contributed by atoms with Crippen LogP contribution in [0.4, 0.5) is 0 Å². The number of amides is 1. The van der Waals surface area contributed by atoms with Gasteiger partial charge in [-0.15, -0.1) is 0 Å². The molecule has 0 saturated carbocycles. The highest BCUT2D eigenvalue weighted by Gasteiger charge is 2.02. The zero-order valence-corrected chi connectivity index (χ0v) is 10.9. The second-order valence-electron chi connectivity index (χ2n) is 3.14. The maximum atomic E-state index is 11.2. The van der Waals surface area contributed by atoms with E-state index in [2.05, 4.69) is 21.2 Å². The Bertz CT molecular complexity index is 443. The van der Waals surface area contributed by atoms with Crippen molar-refractivity contribution in [3.8, 4) is 0 Å². The van der Waals surface area contributed by atoms with Crippen LogP contribution >= 0.6 is 15.9 Å². The van der Waals surface area contributed by atoms with Gasteiger partial charge in [0.2, 0.25) is 0 Å². The number of benzene rings is 1. The van der Waals surface area contributed by atoms with Crippen LogP contribution in [0.5, 0.6) is 0 Å². The molecule has 0 saturated heterocycles. The van der Waals surface area contributed by atoms with Crippen LogP contribution in [-0.4, -0.2) is 25.5 Å². The van der Waals surface area contributed by atoms with E-state index in [0.29, 0.717) is 0 Å². The van der Waals surface area contributed by atoms with E-state index in [4.69, 9.17) is 4.74 Å². The summed E-state index contributed by atoms with van der Waals surface area (Å²) in [6, 6.07) is 7.47. The molecular weight excluding hydrogens is 286 g/mol. The van der Waals surface area contributed by atoms with Crippen molar-refractivity contribution in [1.82, 2.24) is 5.32 Å². The summed E-state index contributed by atoms with van der Waals surface area (Å²) in [5, 5.41) is 2.36. The Hall–Kier alpha value is -1.62. The van der Waals surface area contributed by atoms with Gasteiger partial charge in [-0.3, -0.25) is 4.79 Å². The molecule has 90 valence electrons. The Morgan fingerprint density at radius 1 is 1.41 bits per heavy atom. The van der Waals surface area contributed by atoms with E-state index in [0.717, 1.165) is 10.0 Å². The van der Waals surface area contributed by atoms with Gasteiger partial charge in [0.15, 0.2) is 6.61 Å². The van der Waals surface area contributed by atoms with Crippen LogP contribution in [0.3, 0.4) is 0 Å². The molecule has 1 aromatic carbocycles. The van der Waals surface area contributed by atoms with Crippen molar-refractivity contribution in [3.63, 3.8) is 0 Å². The lowest BCUT2D eigenvalue weighted by atomic mass is 10.2. The number of ether oxygens (including phenoxy) is 1. The highest BCUT2D eigenvalue weighted by molar-refractivity contribution is 9.10. The molecule has 0 aliphatic rings. The molecule has 0 atom stereocenters. The molecule has 0 aromatic heterocycles. The molecule has 0 bridgehead atoms. The normalized spacial score (nSPS) is 10.2. The highest BCUT2D eigenvalue weighted by Crippen LogP contribution is 2.16. The monoisotopic (exact) mass is 297 g/mol. The van der Waals surface area contributed by atoms with E-state index < -0.39 is 5.97 Å². The minimum Gasteiger partial charge on any atom is -0.452 e.